The number of pyridine rings is 1. The van der Waals surface area contributed by atoms with Crippen LogP contribution in [0, 0.1) is 6.92 Å². The zero-order valence-corrected chi connectivity index (χ0v) is 24.0. The lowest BCUT2D eigenvalue weighted by molar-refractivity contribution is -0.167. The number of rotatable bonds is 10. The van der Waals surface area contributed by atoms with Crippen LogP contribution in [0.3, 0.4) is 0 Å². The lowest BCUT2D eigenvalue weighted by Crippen LogP contribution is -2.52. The molecule has 1 saturated carbocycles. The normalized spacial score (nSPS) is 16.7. The van der Waals surface area contributed by atoms with Crippen molar-refractivity contribution in [3.63, 3.8) is 0 Å². The van der Waals surface area contributed by atoms with E-state index < -0.39 is 41.4 Å². The Morgan fingerprint density at radius 3 is 2.31 bits per heavy atom. The largest absolute Gasteiger partial charge is 0.481 e. The standard InChI is InChI=1S/C29H36N4O9/c1-4-41-28(39)33-14-12-32(13-15-33)26(37)19(8-9-21(34)35)23-22(25(30)36)24(18-7-6-17(2)16-20(18)31-23)42-29(10-5-11-29)27(38)40-3/h6-7,16,19H,4-5,8-15H2,1-3H3,(H2,30,36)(H,34,35). The number of aliphatic carboxylic acids is 1. The first-order valence-corrected chi connectivity index (χ1v) is 13.9. The predicted octanol–water partition coefficient (Wildman–Crippen LogP) is 2.37. The molecule has 2 aromatic rings. The number of nitrogens with two attached hydrogens (primary N) is 1. The summed E-state index contributed by atoms with van der Waals surface area (Å²) >= 11 is 0. The van der Waals surface area contributed by atoms with E-state index in [1.54, 1.807) is 25.1 Å². The van der Waals surface area contributed by atoms with Gasteiger partial charge in [0.05, 0.1) is 30.8 Å². The van der Waals surface area contributed by atoms with Crippen molar-refractivity contribution >= 4 is 40.7 Å². The summed E-state index contributed by atoms with van der Waals surface area (Å²) in [5.74, 6) is -4.28. The van der Waals surface area contributed by atoms with Crippen LogP contribution in [-0.2, 0) is 23.9 Å². The highest BCUT2D eigenvalue weighted by atomic mass is 16.6. The maximum absolute atomic E-state index is 14.0. The van der Waals surface area contributed by atoms with Crippen LogP contribution in [0.15, 0.2) is 18.2 Å². The van der Waals surface area contributed by atoms with Crippen LogP contribution in [0.25, 0.3) is 10.9 Å². The van der Waals surface area contributed by atoms with Gasteiger partial charge in [-0.1, -0.05) is 6.07 Å². The second-order valence-electron chi connectivity index (χ2n) is 10.5. The second-order valence-corrected chi connectivity index (χ2v) is 10.5. The number of esters is 1. The van der Waals surface area contributed by atoms with Crippen molar-refractivity contribution in [2.45, 2.75) is 57.5 Å². The van der Waals surface area contributed by atoms with Gasteiger partial charge in [0.25, 0.3) is 5.91 Å². The number of nitrogens with zero attached hydrogens (tertiary/aromatic N) is 3. The zero-order valence-electron chi connectivity index (χ0n) is 24.0. The number of amides is 3. The lowest BCUT2D eigenvalue weighted by Gasteiger charge is -2.39. The molecular formula is C29H36N4O9. The summed E-state index contributed by atoms with van der Waals surface area (Å²) in [5, 5.41) is 9.92. The van der Waals surface area contributed by atoms with E-state index in [0.29, 0.717) is 30.2 Å². The Bertz CT molecular complexity index is 1400. The molecule has 1 aromatic heterocycles. The number of benzene rings is 1. The number of carboxylic acid groups (broad SMARTS) is 1. The van der Waals surface area contributed by atoms with Gasteiger partial charge in [-0.25, -0.2) is 9.59 Å². The summed E-state index contributed by atoms with van der Waals surface area (Å²) in [6, 6.07) is 5.25. The Hall–Kier alpha value is -4.42. The van der Waals surface area contributed by atoms with Gasteiger partial charge in [-0.15, -0.1) is 0 Å². The van der Waals surface area contributed by atoms with Gasteiger partial charge in [0.15, 0.2) is 0 Å². The van der Waals surface area contributed by atoms with Gasteiger partial charge >= 0.3 is 18.0 Å². The molecule has 3 N–H and O–H groups in total. The van der Waals surface area contributed by atoms with E-state index >= 15 is 0 Å². The van der Waals surface area contributed by atoms with Gasteiger partial charge in [0, 0.05) is 38.0 Å². The Kier molecular flexibility index (Phi) is 9.17. The topological polar surface area (TPSA) is 179 Å². The average Bonchev–Trinajstić information content (AvgIpc) is 2.93. The number of aryl methyl sites for hydroxylation is 1. The van der Waals surface area contributed by atoms with Crippen LogP contribution in [0.2, 0.25) is 0 Å². The van der Waals surface area contributed by atoms with Gasteiger partial charge in [-0.3, -0.25) is 19.4 Å². The monoisotopic (exact) mass is 584 g/mol. The summed E-state index contributed by atoms with van der Waals surface area (Å²) in [6.45, 7) is 4.57. The first-order valence-electron chi connectivity index (χ1n) is 13.9. The van der Waals surface area contributed by atoms with E-state index in [9.17, 15) is 29.1 Å². The number of carboxylic acids is 1. The molecule has 2 fully saturated rings. The molecule has 1 aliphatic heterocycles. The summed E-state index contributed by atoms with van der Waals surface area (Å²) in [7, 11) is 1.25. The average molecular weight is 585 g/mol. The molecule has 2 aliphatic rings. The number of carbonyl (C=O) groups excluding carboxylic acids is 4. The van der Waals surface area contributed by atoms with E-state index in [-0.39, 0.29) is 62.6 Å². The van der Waals surface area contributed by atoms with E-state index in [1.807, 2.05) is 6.92 Å². The number of ether oxygens (including phenoxy) is 3. The Balaban J connectivity index is 1.82. The van der Waals surface area contributed by atoms with Crippen molar-refractivity contribution < 1.29 is 43.3 Å². The number of hydrogen-bond acceptors (Lipinski definition) is 9. The molecule has 13 heteroatoms. The highest BCUT2D eigenvalue weighted by molar-refractivity contribution is 6.05. The molecule has 42 heavy (non-hydrogen) atoms. The predicted molar refractivity (Wildman–Crippen MR) is 149 cm³/mol. The van der Waals surface area contributed by atoms with Crippen molar-refractivity contribution in [3.05, 3.63) is 35.0 Å². The van der Waals surface area contributed by atoms with Gasteiger partial charge in [-0.05, 0) is 57.2 Å². The molecule has 1 aliphatic carbocycles. The smallest absolute Gasteiger partial charge is 0.409 e. The number of fused-ring (bicyclic) bond motifs is 1. The molecule has 226 valence electrons. The Morgan fingerprint density at radius 2 is 1.76 bits per heavy atom. The molecule has 1 unspecified atom stereocenters. The van der Waals surface area contributed by atoms with Crippen LogP contribution >= 0.6 is 0 Å². The minimum Gasteiger partial charge on any atom is -0.481 e. The summed E-state index contributed by atoms with van der Waals surface area (Å²) < 4.78 is 16.4. The van der Waals surface area contributed by atoms with Crippen molar-refractivity contribution in [3.8, 4) is 5.75 Å². The molecule has 13 nitrogen and oxygen atoms in total. The second kappa shape index (κ2) is 12.6. The van der Waals surface area contributed by atoms with Crippen LogP contribution in [0.4, 0.5) is 4.79 Å². The van der Waals surface area contributed by atoms with Crippen LogP contribution in [0.1, 0.15) is 66.6 Å². The number of primary amides is 1. The summed E-state index contributed by atoms with van der Waals surface area (Å²) in [5.41, 5.74) is 5.60. The molecule has 4 rings (SSSR count). The molecular weight excluding hydrogens is 548 g/mol. The minimum absolute atomic E-state index is 0.00727. The van der Waals surface area contributed by atoms with E-state index in [4.69, 9.17) is 24.9 Å². The SMILES string of the molecule is CCOC(=O)N1CCN(C(=O)C(CCC(=O)O)c2nc3cc(C)ccc3c(OC3(C(=O)OC)CCC3)c2C(N)=O)CC1. The fourth-order valence-electron chi connectivity index (χ4n) is 5.38. The number of aromatic nitrogens is 1. The van der Waals surface area contributed by atoms with Gasteiger partial charge < -0.3 is 34.9 Å². The van der Waals surface area contributed by atoms with Crippen LogP contribution < -0.4 is 10.5 Å². The maximum atomic E-state index is 14.0. The third-order valence-corrected chi connectivity index (χ3v) is 7.78. The number of piperazine rings is 1. The minimum atomic E-state index is -1.33. The van der Waals surface area contributed by atoms with Crippen molar-refractivity contribution in [2.24, 2.45) is 5.73 Å². The molecule has 1 saturated heterocycles. The van der Waals surface area contributed by atoms with Gasteiger partial charge in [-0.2, -0.15) is 0 Å². The number of methoxy groups -OCH3 is 1. The zero-order chi connectivity index (χ0) is 30.6. The molecule has 1 aromatic carbocycles. The molecule has 0 bridgehead atoms. The summed E-state index contributed by atoms with van der Waals surface area (Å²) in [6.07, 6.45) is 0.385. The van der Waals surface area contributed by atoms with Crippen LogP contribution in [-0.4, -0.2) is 95.2 Å². The summed E-state index contributed by atoms with van der Waals surface area (Å²) in [4.78, 5) is 71.3. The molecule has 2 heterocycles. The van der Waals surface area contributed by atoms with E-state index in [2.05, 4.69) is 0 Å². The third-order valence-electron chi connectivity index (χ3n) is 7.78. The fraction of sp³-hybridized carbons (Fsp3) is 0.517. The van der Waals surface area contributed by atoms with E-state index in [1.165, 1.54) is 16.9 Å². The molecule has 0 spiro atoms. The maximum Gasteiger partial charge on any atom is 0.409 e. The van der Waals surface area contributed by atoms with Crippen molar-refractivity contribution in [1.29, 1.82) is 0 Å². The number of carbonyl (C=O) groups is 5. The number of hydrogen-bond donors (Lipinski definition) is 2. The van der Waals surface area contributed by atoms with E-state index in [0.717, 1.165) is 5.56 Å². The highest BCUT2D eigenvalue weighted by Crippen LogP contribution is 2.43. The molecule has 3 amide bonds. The third kappa shape index (κ3) is 6.09. The van der Waals surface area contributed by atoms with Gasteiger partial charge in [0.2, 0.25) is 11.5 Å². The Morgan fingerprint density at radius 1 is 1.10 bits per heavy atom. The fourth-order valence-corrected chi connectivity index (χ4v) is 5.38. The van der Waals surface area contributed by atoms with Crippen molar-refractivity contribution in [1.82, 2.24) is 14.8 Å². The first kappa shape index (κ1) is 30.5. The van der Waals surface area contributed by atoms with Crippen LogP contribution in [0.5, 0.6) is 5.75 Å². The van der Waals surface area contributed by atoms with Gasteiger partial charge in [0.1, 0.15) is 11.3 Å². The molecule has 1 atom stereocenters. The van der Waals surface area contributed by atoms with Crippen molar-refractivity contribution in [2.75, 3.05) is 39.9 Å². The quantitative estimate of drug-likeness (QED) is 0.394. The first-order chi connectivity index (χ1) is 20.0. The lowest BCUT2D eigenvalue weighted by atomic mass is 9.79. The molecule has 0 radical (unpaired) electrons. The highest BCUT2D eigenvalue weighted by Gasteiger charge is 2.49. The Labute approximate surface area is 242 Å².